The molecule has 3 aromatic rings. The van der Waals surface area contributed by atoms with Gasteiger partial charge in [0.15, 0.2) is 5.82 Å². The molecule has 1 aromatic carbocycles. The van der Waals surface area contributed by atoms with E-state index in [1.807, 2.05) is 13.0 Å². The lowest BCUT2D eigenvalue weighted by Gasteiger charge is -2.35. The molecular formula is C24H29FN6O3. The summed E-state index contributed by atoms with van der Waals surface area (Å²) < 4.78 is 25.4. The fourth-order valence-electron chi connectivity index (χ4n) is 4.04. The minimum atomic E-state index is -0.702. The number of rotatable bonds is 5. The van der Waals surface area contributed by atoms with E-state index in [9.17, 15) is 9.50 Å². The number of halogens is 1. The smallest absolute Gasteiger partial charge is 0.225 e. The molecule has 5 rings (SSSR count). The van der Waals surface area contributed by atoms with E-state index in [-0.39, 0.29) is 12.4 Å². The zero-order valence-electron chi connectivity index (χ0n) is 19.4. The van der Waals surface area contributed by atoms with Gasteiger partial charge in [-0.2, -0.15) is 0 Å². The highest BCUT2D eigenvalue weighted by atomic mass is 19.1. The molecule has 2 saturated heterocycles. The molecule has 2 aliphatic heterocycles. The summed E-state index contributed by atoms with van der Waals surface area (Å²) in [6.07, 6.45) is 1.04. The van der Waals surface area contributed by atoms with Crippen molar-refractivity contribution in [3.8, 4) is 22.6 Å². The summed E-state index contributed by atoms with van der Waals surface area (Å²) in [5, 5.41) is 9.59. The fourth-order valence-corrected chi connectivity index (χ4v) is 4.04. The highest BCUT2D eigenvalue weighted by Crippen LogP contribution is 2.35. The normalized spacial score (nSPS) is 23.9. The number of H-pyrrole nitrogens is 1. The summed E-state index contributed by atoms with van der Waals surface area (Å²) in [7, 11) is 2.11. The average molecular weight is 469 g/mol. The summed E-state index contributed by atoms with van der Waals surface area (Å²) >= 11 is 0. The second kappa shape index (κ2) is 9.38. The lowest BCUT2D eigenvalue weighted by Crippen LogP contribution is -2.45. The third-order valence-corrected chi connectivity index (χ3v) is 6.30. The zero-order chi connectivity index (χ0) is 23.7. The molecule has 2 fully saturated rings. The van der Waals surface area contributed by atoms with Crippen LogP contribution in [0.1, 0.15) is 19.0 Å². The van der Waals surface area contributed by atoms with Crippen LogP contribution < -0.4 is 4.90 Å². The van der Waals surface area contributed by atoms with Crippen LogP contribution in [0.2, 0.25) is 0 Å². The first-order chi connectivity index (χ1) is 16.4. The van der Waals surface area contributed by atoms with Crippen LogP contribution in [0.5, 0.6) is 0 Å². The van der Waals surface area contributed by atoms with Crippen LogP contribution in [0.25, 0.3) is 22.6 Å². The van der Waals surface area contributed by atoms with E-state index in [0.717, 1.165) is 31.7 Å². The molecule has 9 nitrogen and oxygen atoms in total. The number of anilines is 1. The van der Waals surface area contributed by atoms with Gasteiger partial charge in [-0.3, -0.25) is 0 Å². The Kier molecular flexibility index (Phi) is 6.30. The number of imidazole rings is 1. The van der Waals surface area contributed by atoms with E-state index in [1.165, 1.54) is 12.1 Å². The highest BCUT2D eigenvalue weighted by Gasteiger charge is 2.35. The second-order valence-corrected chi connectivity index (χ2v) is 9.31. The van der Waals surface area contributed by atoms with E-state index in [2.05, 4.69) is 26.8 Å². The molecule has 2 aliphatic rings. The van der Waals surface area contributed by atoms with Crippen LogP contribution >= 0.6 is 0 Å². The van der Waals surface area contributed by atoms with Gasteiger partial charge in [-0.25, -0.2) is 19.3 Å². The largest absolute Gasteiger partial charge is 0.396 e. The van der Waals surface area contributed by atoms with Gasteiger partial charge in [0.05, 0.1) is 36.9 Å². The zero-order valence-corrected chi connectivity index (χ0v) is 19.4. The first-order valence-electron chi connectivity index (χ1n) is 11.4. The van der Waals surface area contributed by atoms with Crippen molar-refractivity contribution < 1.29 is 19.0 Å². The Morgan fingerprint density at radius 3 is 2.47 bits per heavy atom. The van der Waals surface area contributed by atoms with Crippen molar-refractivity contribution in [1.29, 1.82) is 0 Å². The van der Waals surface area contributed by atoms with Gasteiger partial charge in [-0.15, -0.1) is 0 Å². The van der Waals surface area contributed by atoms with Crippen LogP contribution in [-0.2, 0) is 9.47 Å². The van der Waals surface area contributed by atoms with Gasteiger partial charge in [-0.05, 0) is 37.4 Å². The molecule has 2 aromatic heterocycles. The van der Waals surface area contributed by atoms with E-state index in [1.54, 1.807) is 18.3 Å². The van der Waals surface area contributed by atoms with Gasteiger partial charge >= 0.3 is 0 Å². The highest BCUT2D eigenvalue weighted by molar-refractivity contribution is 5.77. The number of ether oxygens (including phenoxy) is 2. The SMILES string of the molecule is CN1CCN(c2nccc(-c3[nH]c(C4OCC(C)(CO)CO4)nc3-c3ccc(F)cc3)n2)CC1. The maximum atomic E-state index is 13.6. The molecule has 0 aliphatic carbocycles. The molecule has 0 spiro atoms. The van der Waals surface area contributed by atoms with Crippen LogP contribution in [0, 0.1) is 11.2 Å². The maximum Gasteiger partial charge on any atom is 0.225 e. The first-order valence-corrected chi connectivity index (χ1v) is 11.4. The van der Waals surface area contributed by atoms with Crippen molar-refractivity contribution in [3.63, 3.8) is 0 Å². The predicted molar refractivity (Wildman–Crippen MR) is 125 cm³/mol. The number of likely N-dealkylation sites (N-methyl/N-ethyl adjacent to an activating group) is 1. The minimum Gasteiger partial charge on any atom is -0.396 e. The molecule has 10 heteroatoms. The summed E-state index contributed by atoms with van der Waals surface area (Å²) in [6.45, 7) is 6.17. The third kappa shape index (κ3) is 4.67. The van der Waals surface area contributed by atoms with Gasteiger partial charge in [-0.1, -0.05) is 6.92 Å². The summed E-state index contributed by atoms with van der Waals surface area (Å²) in [5.74, 6) is 0.840. The lowest BCUT2D eigenvalue weighted by molar-refractivity contribution is -0.239. The Labute approximate surface area is 197 Å². The molecule has 0 amide bonds. The Bertz CT molecular complexity index is 1120. The quantitative estimate of drug-likeness (QED) is 0.589. The monoisotopic (exact) mass is 468 g/mol. The summed E-state index contributed by atoms with van der Waals surface area (Å²) in [6, 6.07) is 8.02. The van der Waals surface area contributed by atoms with Crippen molar-refractivity contribution in [2.75, 3.05) is 57.9 Å². The number of nitrogens with zero attached hydrogens (tertiary/aromatic N) is 5. The molecule has 0 bridgehead atoms. The number of piperazine rings is 1. The van der Waals surface area contributed by atoms with Gasteiger partial charge in [0.1, 0.15) is 5.82 Å². The molecule has 34 heavy (non-hydrogen) atoms. The van der Waals surface area contributed by atoms with Crippen molar-refractivity contribution >= 4 is 5.95 Å². The van der Waals surface area contributed by atoms with Gasteiger partial charge < -0.3 is 29.4 Å². The van der Waals surface area contributed by atoms with Crippen LogP contribution in [-0.4, -0.2) is 83.0 Å². The summed E-state index contributed by atoms with van der Waals surface area (Å²) in [4.78, 5) is 21.9. The predicted octanol–water partition coefficient (Wildman–Crippen LogP) is 2.47. The Morgan fingerprint density at radius 1 is 1.09 bits per heavy atom. The number of benzene rings is 1. The number of hydrogen-bond donors (Lipinski definition) is 2. The van der Waals surface area contributed by atoms with Crippen LogP contribution in [0.3, 0.4) is 0 Å². The van der Waals surface area contributed by atoms with E-state index in [0.29, 0.717) is 42.1 Å². The Balaban J connectivity index is 1.50. The molecule has 0 atom stereocenters. The Hall–Kier alpha value is -2.92. The number of aliphatic hydroxyl groups excluding tert-OH is 1. The van der Waals surface area contributed by atoms with Crippen molar-refractivity contribution in [2.24, 2.45) is 5.41 Å². The maximum absolute atomic E-state index is 13.6. The van der Waals surface area contributed by atoms with E-state index < -0.39 is 11.7 Å². The Morgan fingerprint density at radius 2 is 1.79 bits per heavy atom. The topological polar surface area (TPSA) is 99.6 Å². The van der Waals surface area contributed by atoms with Crippen molar-refractivity contribution in [1.82, 2.24) is 24.8 Å². The molecule has 0 unspecified atom stereocenters. The summed E-state index contributed by atoms with van der Waals surface area (Å²) in [5.41, 5.74) is 2.28. The van der Waals surface area contributed by atoms with E-state index in [4.69, 9.17) is 19.4 Å². The molecule has 0 saturated carbocycles. The molecular weight excluding hydrogens is 439 g/mol. The van der Waals surface area contributed by atoms with Gasteiger partial charge in [0.2, 0.25) is 12.2 Å². The first kappa shape index (κ1) is 22.9. The average Bonchev–Trinajstić information content (AvgIpc) is 3.31. The van der Waals surface area contributed by atoms with Crippen molar-refractivity contribution in [2.45, 2.75) is 13.2 Å². The second-order valence-electron chi connectivity index (χ2n) is 9.31. The number of aliphatic hydroxyl groups is 1. The van der Waals surface area contributed by atoms with Crippen LogP contribution in [0.4, 0.5) is 10.3 Å². The lowest BCUT2D eigenvalue weighted by atomic mass is 9.94. The molecule has 180 valence electrons. The standard InChI is InChI=1S/C24H29FN6O3/c1-24(13-32)14-33-22(34-15-24)21-28-19(16-3-5-17(25)6-4-16)20(29-21)18-7-8-26-23(27-18)31-11-9-30(2)10-12-31/h3-8,22,32H,9-15H2,1-2H3,(H,28,29). The molecule has 2 N–H and O–H groups in total. The number of aromatic amines is 1. The van der Waals surface area contributed by atoms with E-state index >= 15 is 0 Å². The minimum absolute atomic E-state index is 0.0278. The van der Waals surface area contributed by atoms with Crippen LogP contribution in [0.15, 0.2) is 36.5 Å². The third-order valence-electron chi connectivity index (χ3n) is 6.30. The van der Waals surface area contributed by atoms with Gasteiger partial charge in [0, 0.05) is 43.4 Å². The number of aromatic nitrogens is 4. The number of hydrogen-bond acceptors (Lipinski definition) is 8. The number of nitrogens with one attached hydrogen (secondary N) is 1. The fraction of sp³-hybridized carbons (Fsp3) is 0.458. The molecule has 0 radical (unpaired) electrons. The van der Waals surface area contributed by atoms with Gasteiger partial charge in [0.25, 0.3) is 0 Å². The van der Waals surface area contributed by atoms with Crippen molar-refractivity contribution in [3.05, 3.63) is 48.2 Å². The molecule has 4 heterocycles.